The third-order valence-electron chi connectivity index (χ3n) is 5.20. The van der Waals surface area contributed by atoms with Crippen molar-refractivity contribution in [3.8, 4) is 33.6 Å². The Balaban J connectivity index is 1.99. The van der Waals surface area contributed by atoms with Crippen LogP contribution in [0.4, 0.5) is 0 Å². The van der Waals surface area contributed by atoms with Gasteiger partial charge in [-0.05, 0) is 60.7 Å². The Kier molecular flexibility index (Phi) is 4.60. The van der Waals surface area contributed by atoms with Gasteiger partial charge in [0.25, 0.3) is 0 Å². The second-order valence-corrected chi connectivity index (χ2v) is 7.06. The maximum atomic E-state index is 4.98. The number of benzene rings is 3. The van der Waals surface area contributed by atoms with Gasteiger partial charge < -0.3 is 0 Å². The van der Waals surface area contributed by atoms with Crippen LogP contribution in [0.5, 0.6) is 0 Å². The Morgan fingerprint density at radius 1 is 0.519 bits per heavy atom. The first kappa shape index (κ1) is 17.2. The molecule has 0 amide bonds. The smallest absolute Gasteiger partial charge is 0.0715 e. The largest absolute Gasteiger partial charge is 0.248 e. The third-order valence-corrected chi connectivity index (χ3v) is 5.20. The van der Waals surface area contributed by atoms with Crippen molar-refractivity contribution in [2.75, 3.05) is 0 Å². The standard InChI is InChI=1S/C26H23N/c1-18-14-15-19(2)26(20(18)3)23-16-24(21-10-6-4-7-11-21)27-25(17-23)22-12-8-5-9-13-22/h4-17H,1-3H3. The quantitative estimate of drug-likeness (QED) is 0.388. The van der Waals surface area contributed by atoms with Gasteiger partial charge in [0.1, 0.15) is 0 Å². The van der Waals surface area contributed by atoms with Gasteiger partial charge in [-0.25, -0.2) is 4.98 Å². The third kappa shape index (κ3) is 3.41. The number of aromatic nitrogens is 1. The molecule has 1 aromatic heterocycles. The fourth-order valence-electron chi connectivity index (χ4n) is 3.58. The molecule has 0 aliphatic carbocycles. The molecule has 0 unspecified atom stereocenters. The van der Waals surface area contributed by atoms with Crippen LogP contribution in [0.2, 0.25) is 0 Å². The van der Waals surface area contributed by atoms with E-state index in [4.69, 9.17) is 4.98 Å². The van der Waals surface area contributed by atoms with Crippen LogP contribution in [0.3, 0.4) is 0 Å². The summed E-state index contributed by atoms with van der Waals surface area (Å²) in [5, 5.41) is 0. The minimum absolute atomic E-state index is 1.01. The van der Waals surface area contributed by atoms with Gasteiger partial charge in [0.15, 0.2) is 0 Å². The van der Waals surface area contributed by atoms with Crippen LogP contribution < -0.4 is 0 Å². The normalized spacial score (nSPS) is 10.8. The van der Waals surface area contributed by atoms with Crippen molar-refractivity contribution in [3.63, 3.8) is 0 Å². The zero-order chi connectivity index (χ0) is 18.8. The SMILES string of the molecule is Cc1ccc(C)c(-c2cc(-c3ccccc3)nc(-c3ccccc3)c2)c1C. The van der Waals surface area contributed by atoms with Crippen molar-refractivity contribution in [1.29, 1.82) is 0 Å². The van der Waals surface area contributed by atoms with E-state index in [1.54, 1.807) is 0 Å². The molecule has 132 valence electrons. The molecule has 0 radical (unpaired) electrons. The molecule has 4 rings (SSSR count). The zero-order valence-electron chi connectivity index (χ0n) is 16.0. The van der Waals surface area contributed by atoms with Gasteiger partial charge >= 0.3 is 0 Å². The van der Waals surface area contributed by atoms with E-state index in [0.29, 0.717) is 0 Å². The van der Waals surface area contributed by atoms with Crippen LogP contribution >= 0.6 is 0 Å². The topological polar surface area (TPSA) is 12.9 Å². The summed E-state index contributed by atoms with van der Waals surface area (Å²) in [7, 11) is 0. The van der Waals surface area contributed by atoms with Crippen LogP contribution in [0, 0.1) is 20.8 Å². The van der Waals surface area contributed by atoms with E-state index < -0.39 is 0 Å². The van der Waals surface area contributed by atoms with Gasteiger partial charge in [0.2, 0.25) is 0 Å². The first-order valence-electron chi connectivity index (χ1n) is 9.33. The maximum Gasteiger partial charge on any atom is 0.0715 e. The monoisotopic (exact) mass is 349 g/mol. The average molecular weight is 349 g/mol. The fraction of sp³-hybridized carbons (Fsp3) is 0.115. The molecular formula is C26H23N. The van der Waals surface area contributed by atoms with E-state index >= 15 is 0 Å². The predicted octanol–water partition coefficient (Wildman–Crippen LogP) is 7.01. The van der Waals surface area contributed by atoms with Crippen LogP contribution in [0.15, 0.2) is 84.9 Å². The zero-order valence-corrected chi connectivity index (χ0v) is 16.0. The van der Waals surface area contributed by atoms with Crippen LogP contribution in [-0.2, 0) is 0 Å². The van der Waals surface area contributed by atoms with Crippen molar-refractivity contribution in [3.05, 3.63) is 102 Å². The molecule has 0 N–H and O–H groups in total. The van der Waals surface area contributed by atoms with Gasteiger partial charge in [0.05, 0.1) is 11.4 Å². The number of hydrogen-bond donors (Lipinski definition) is 0. The highest BCUT2D eigenvalue weighted by atomic mass is 14.7. The Morgan fingerprint density at radius 2 is 1.00 bits per heavy atom. The molecule has 1 heteroatoms. The highest BCUT2D eigenvalue weighted by molar-refractivity contribution is 5.80. The first-order valence-corrected chi connectivity index (χ1v) is 9.33. The molecule has 0 saturated carbocycles. The predicted molar refractivity (Wildman–Crippen MR) is 115 cm³/mol. The molecule has 1 nitrogen and oxygen atoms in total. The van der Waals surface area contributed by atoms with Gasteiger partial charge in [0, 0.05) is 11.1 Å². The van der Waals surface area contributed by atoms with Crippen molar-refractivity contribution in [2.45, 2.75) is 20.8 Å². The molecule has 1 heterocycles. The number of hydrogen-bond acceptors (Lipinski definition) is 1. The van der Waals surface area contributed by atoms with Crippen molar-refractivity contribution >= 4 is 0 Å². The van der Waals surface area contributed by atoms with Crippen molar-refractivity contribution < 1.29 is 0 Å². The van der Waals surface area contributed by atoms with E-state index in [0.717, 1.165) is 22.5 Å². The van der Waals surface area contributed by atoms with Gasteiger partial charge in [-0.1, -0.05) is 72.8 Å². The van der Waals surface area contributed by atoms with E-state index in [1.165, 1.54) is 27.8 Å². The highest BCUT2D eigenvalue weighted by Crippen LogP contribution is 2.34. The summed E-state index contributed by atoms with van der Waals surface area (Å²) in [4.78, 5) is 4.98. The van der Waals surface area contributed by atoms with E-state index in [1.807, 2.05) is 12.1 Å². The molecule has 27 heavy (non-hydrogen) atoms. The molecule has 0 saturated heterocycles. The van der Waals surface area contributed by atoms with Gasteiger partial charge in [-0.2, -0.15) is 0 Å². The van der Waals surface area contributed by atoms with Gasteiger partial charge in [-0.3, -0.25) is 0 Å². The molecular weight excluding hydrogens is 326 g/mol. The molecule has 0 spiro atoms. The number of nitrogens with zero attached hydrogens (tertiary/aromatic N) is 1. The Bertz CT molecular complexity index is 1020. The summed E-state index contributed by atoms with van der Waals surface area (Å²) in [6, 6.07) is 29.7. The maximum absolute atomic E-state index is 4.98. The Morgan fingerprint density at radius 3 is 1.52 bits per heavy atom. The fourth-order valence-corrected chi connectivity index (χ4v) is 3.58. The summed E-state index contributed by atoms with van der Waals surface area (Å²) >= 11 is 0. The van der Waals surface area contributed by atoms with Crippen molar-refractivity contribution in [1.82, 2.24) is 4.98 Å². The lowest BCUT2D eigenvalue weighted by molar-refractivity contribution is 1.28. The lowest BCUT2D eigenvalue weighted by Crippen LogP contribution is -1.95. The lowest BCUT2D eigenvalue weighted by Gasteiger charge is -2.15. The van der Waals surface area contributed by atoms with Crippen LogP contribution in [0.1, 0.15) is 16.7 Å². The summed E-state index contributed by atoms with van der Waals surface area (Å²) in [5.41, 5.74) is 10.8. The molecule has 0 aliphatic rings. The number of pyridine rings is 1. The summed E-state index contributed by atoms with van der Waals surface area (Å²) in [5.74, 6) is 0. The second kappa shape index (κ2) is 7.20. The molecule has 0 atom stereocenters. The summed E-state index contributed by atoms with van der Waals surface area (Å²) < 4.78 is 0. The van der Waals surface area contributed by atoms with Crippen LogP contribution in [-0.4, -0.2) is 4.98 Å². The Labute approximate surface area is 161 Å². The van der Waals surface area contributed by atoms with Crippen molar-refractivity contribution in [2.24, 2.45) is 0 Å². The molecule has 0 aliphatic heterocycles. The van der Waals surface area contributed by atoms with E-state index in [2.05, 4.69) is 93.6 Å². The molecule has 3 aromatic carbocycles. The number of aryl methyl sites for hydroxylation is 2. The van der Waals surface area contributed by atoms with Gasteiger partial charge in [-0.15, -0.1) is 0 Å². The summed E-state index contributed by atoms with van der Waals surface area (Å²) in [6.07, 6.45) is 0. The molecule has 0 bridgehead atoms. The van der Waals surface area contributed by atoms with Crippen LogP contribution in [0.25, 0.3) is 33.6 Å². The van der Waals surface area contributed by atoms with E-state index in [-0.39, 0.29) is 0 Å². The number of rotatable bonds is 3. The minimum atomic E-state index is 1.01. The first-order chi connectivity index (χ1) is 13.1. The second-order valence-electron chi connectivity index (χ2n) is 7.06. The summed E-state index contributed by atoms with van der Waals surface area (Å²) in [6.45, 7) is 6.57. The molecule has 0 fully saturated rings. The Hall–Kier alpha value is -3.19. The van der Waals surface area contributed by atoms with E-state index in [9.17, 15) is 0 Å². The minimum Gasteiger partial charge on any atom is -0.248 e. The lowest BCUT2D eigenvalue weighted by atomic mass is 9.91. The average Bonchev–Trinajstić information content (AvgIpc) is 2.72. The highest BCUT2D eigenvalue weighted by Gasteiger charge is 2.13. The molecule has 4 aromatic rings.